The van der Waals surface area contributed by atoms with Crippen molar-refractivity contribution in [3.05, 3.63) is 0 Å². The van der Waals surface area contributed by atoms with Gasteiger partial charge in [-0.05, 0) is 51.6 Å². The number of hydrogen-bond acceptors (Lipinski definition) is 4. The lowest BCUT2D eigenvalue weighted by atomic mass is 9.97. The highest BCUT2D eigenvalue weighted by molar-refractivity contribution is 5.76. The van der Waals surface area contributed by atoms with Gasteiger partial charge >= 0.3 is 5.97 Å². The van der Waals surface area contributed by atoms with Crippen molar-refractivity contribution in [2.45, 2.75) is 51.5 Å². The van der Waals surface area contributed by atoms with Crippen molar-refractivity contribution in [2.24, 2.45) is 11.8 Å². The van der Waals surface area contributed by atoms with Crippen LogP contribution in [0.15, 0.2) is 0 Å². The Morgan fingerprint density at radius 1 is 1.29 bits per heavy atom. The minimum absolute atomic E-state index is 0.191. The zero-order valence-electron chi connectivity index (χ0n) is 15.2. The van der Waals surface area contributed by atoms with Gasteiger partial charge in [-0.15, -0.1) is 0 Å². The molecule has 6 heteroatoms. The Morgan fingerprint density at radius 3 is 2.58 bits per heavy atom. The van der Waals surface area contributed by atoms with Crippen molar-refractivity contribution in [1.29, 1.82) is 0 Å². The van der Waals surface area contributed by atoms with E-state index < -0.39 is 5.97 Å². The van der Waals surface area contributed by atoms with E-state index >= 15 is 0 Å². The second kappa shape index (κ2) is 9.37. The number of carboxylic acids is 1. The van der Waals surface area contributed by atoms with Gasteiger partial charge in [-0.25, -0.2) is 0 Å². The SMILES string of the molecule is CCN(CC1CCN(C(C(=O)O)C2CCCC2)C1)C(=O)CCNC. The molecular formula is C18H33N3O3. The van der Waals surface area contributed by atoms with Crippen LogP contribution in [-0.4, -0.2) is 72.6 Å². The molecule has 0 aromatic carbocycles. The zero-order chi connectivity index (χ0) is 17.5. The topological polar surface area (TPSA) is 72.9 Å². The monoisotopic (exact) mass is 339 g/mol. The second-order valence-electron chi connectivity index (χ2n) is 7.26. The van der Waals surface area contributed by atoms with Gasteiger partial charge in [0.05, 0.1) is 0 Å². The number of carbonyl (C=O) groups excluding carboxylic acids is 1. The summed E-state index contributed by atoms with van der Waals surface area (Å²) in [4.78, 5) is 28.1. The average Bonchev–Trinajstić information content (AvgIpc) is 3.23. The molecule has 24 heavy (non-hydrogen) atoms. The molecule has 2 atom stereocenters. The number of carboxylic acid groups (broad SMARTS) is 1. The van der Waals surface area contributed by atoms with Gasteiger partial charge in [0.2, 0.25) is 5.91 Å². The second-order valence-corrected chi connectivity index (χ2v) is 7.26. The van der Waals surface area contributed by atoms with Gasteiger partial charge in [-0.1, -0.05) is 12.8 Å². The highest BCUT2D eigenvalue weighted by Crippen LogP contribution is 2.33. The lowest BCUT2D eigenvalue weighted by Gasteiger charge is -2.30. The number of likely N-dealkylation sites (tertiary alicyclic amines) is 1. The van der Waals surface area contributed by atoms with Crippen LogP contribution in [0.3, 0.4) is 0 Å². The van der Waals surface area contributed by atoms with Crippen LogP contribution in [-0.2, 0) is 9.59 Å². The van der Waals surface area contributed by atoms with E-state index in [0.717, 1.165) is 58.3 Å². The summed E-state index contributed by atoms with van der Waals surface area (Å²) in [6, 6.07) is -0.326. The molecule has 0 spiro atoms. The minimum Gasteiger partial charge on any atom is -0.480 e. The van der Waals surface area contributed by atoms with E-state index in [1.54, 1.807) is 0 Å². The number of carbonyl (C=O) groups is 2. The minimum atomic E-state index is -0.667. The maximum absolute atomic E-state index is 12.2. The molecular weight excluding hydrogens is 306 g/mol. The van der Waals surface area contributed by atoms with Crippen LogP contribution in [0.25, 0.3) is 0 Å². The van der Waals surface area contributed by atoms with Crippen molar-refractivity contribution < 1.29 is 14.7 Å². The van der Waals surface area contributed by atoms with Gasteiger partial charge in [0.25, 0.3) is 0 Å². The van der Waals surface area contributed by atoms with Crippen LogP contribution in [0, 0.1) is 11.8 Å². The highest BCUT2D eigenvalue weighted by atomic mass is 16.4. The van der Waals surface area contributed by atoms with E-state index in [2.05, 4.69) is 10.2 Å². The Balaban J connectivity index is 1.88. The molecule has 0 aromatic rings. The number of rotatable bonds is 9. The van der Waals surface area contributed by atoms with Crippen LogP contribution in [0.5, 0.6) is 0 Å². The molecule has 1 saturated carbocycles. The van der Waals surface area contributed by atoms with Crippen molar-refractivity contribution in [1.82, 2.24) is 15.1 Å². The van der Waals surface area contributed by atoms with Gasteiger partial charge in [0.1, 0.15) is 6.04 Å². The van der Waals surface area contributed by atoms with E-state index in [4.69, 9.17) is 0 Å². The maximum atomic E-state index is 12.2. The van der Waals surface area contributed by atoms with Gasteiger partial charge in [0.15, 0.2) is 0 Å². The summed E-state index contributed by atoms with van der Waals surface area (Å²) in [7, 11) is 1.85. The van der Waals surface area contributed by atoms with E-state index in [-0.39, 0.29) is 11.9 Å². The van der Waals surface area contributed by atoms with Gasteiger partial charge in [-0.2, -0.15) is 0 Å². The summed E-state index contributed by atoms with van der Waals surface area (Å²) < 4.78 is 0. The summed E-state index contributed by atoms with van der Waals surface area (Å²) in [5.41, 5.74) is 0. The van der Waals surface area contributed by atoms with E-state index in [1.807, 2.05) is 18.9 Å². The van der Waals surface area contributed by atoms with E-state index in [0.29, 0.717) is 24.8 Å². The van der Waals surface area contributed by atoms with Crippen LogP contribution >= 0.6 is 0 Å². The summed E-state index contributed by atoms with van der Waals surface area (Å²) in [5.74, 6) is 0.225. The predicted octanol–water partition coefficient (Wildman–Crippen LogP) is 1.41. The zero-order valence-corrected chi connectivity index (χ0v) is 15.2. The Hall–Kier alpha value is -1.14. The number of hydrogen-bond donors (Lipinski definition) is 2. The van der Waals surface area contributed by atoms with Crippen LogP contribution < -0.4 is 5.32 Å². The van der Waals surface area contributed by atoms with Crippen molar-refractivity contribution >= 4 is 11.9 Å². The number of nitrogens with zero attached hydrogens (tertiary/aromatic N) is 2. The molecule has 138 valence electrons. The van der Waals surface area contributed by atoms with E-state index in [9.17, 15) is 14.7 Å². The van der Waals surface area contributed by atoms with Crippen LogP contribution in [0.2, 0.25) is 0 Å². The molecule has 1 heterocycles. The number of nitrogens with one attached hydrogen (secondary N) is 1. The molecule has 0 bridgehead atoms. The maximum Gasteiger partial charge on any atom is 0.321 e. The first kappa shape index (κ1) is 19.2. The molecule has 1 saturated heterocycles. The molecule has 1 amide bonds. The molecule has 2 N–H and O–H groups in total. The Labute approximate surface area is 145 Å². The fourth-order valence-electron chi connectivity index (χ4n) is 4.30. The first-order valence-corrected chi connectivity index (χ1v) is 9.46. The molecule has 2 unspecified atom stereocenters. The Bertz CT molecular complexity index is 424. The van der Waals surface area contributed by atoms with Crippen LogP contribution in [0.1, 0.15) is 45.4 Å². The largest absolute Gasteiger partial charge is 0.480 e. The third-order valence-electron chi connectivity index (χ3n) is 5.61. The quantitative estimate of drug-likeness (QED) is 0.664. The summed E-state index contributed by atoms with van der Waals surface area (Å²) in [5, 5.41) is 12.7. The number of amides is 1. The molecule has 2 aliphatic rings. The first-order valence-electron chi connectivity index (χ1n) is 9.46. The normalized spacial score (nSPS) is 23.5. The van der Waals surface area contributed by atoms with E-state index in [1.165, 1.54) is 0 Å². The third-order valence-corrected chi connectivity index (χ3v) is 5.61. The molecule has 0 radical (unpaired) electrons. The average molecular weight is 339 g/mol. The molecule has 2 fully saturated rings. The fourth-order valence-corrected chi connectivity index (χ4v) is 4.30. The first-order chi connectivity index (χ1) is 11.6. The van der Waals surface area contributed by atoms with Gasteiger partial charge in [0, 0.05) is 32.6 Å². The summed E-state index contributed by atoms with van der Waals surface area (Å²) in [6.07, 6.45) is 5.93. The predicted molar refractivity (Wildman–Crippen MR) is 93.9 cm³/mol. The summed E-state index contributed by atoms with van der Waals surface area (Å²) >= 11 is 0. The highest BCUT2D eigenvalue weighted by Gasteiger charge is 2.39. The molecule has 6 nitrogen and oxygen atoms in total. The smallest absolute Gasteiger partial charge is 0.321 e. The van der Waals surface area contributed by atoms with Crippen molar-refractivity contribution in [3.8, 4) is 0 Å². The lowest BCUT2D eigenvalue weighted by Crippen LogP contribution is -2.45. The van der Waals surface area contributed by atoms with Crippen molar-refractivity contribution in [3.63, 3.8) is 0 Å². The van der Waals surface area contributed by atoms with Crippen LogP contribution in [0.4, 0.5) is 0 Å². The lowest BCUT2D eigenvalue weighted by molar-refractivity contribution is -0.145. The molecule has 0 aromatic heterocycles. The Morgan fingerprint density at radius 2 is 2.00 bits per heavy atom. The van der Waals surface area contributed by atoms with Gasteiger partial charge in [-0.3, -0.25) is 14.5 Å². The third kappa shape index (κ3) is 4.93. The molecule has 1 aliphatic heterocycles. The Kier molecular flexibility index (Phi) is 7.49. The van der Waals surface area contributed by atoms with Gasteiger partial charge < -0.3 is 15.3 Å². The molecule has 1 aliphatic carbocycles. The standard InChI is InChI=1S/C18H33N3O3/c1-3-20(16(22)8-10-19-2)12-14-9-11-21(13-14)17(18(23)24)15-6-4-5-7-15/h14-15,17,19H,3-13H2,1-2H3,(H,23,24). The fraction of sp³-hybridized carbons (Fsp3) is 0.889. The molecule has 2 rings (SSSR count). The number of aliphatic carboxylic acids is 1. The van der Waals surface area contributed by atoms with Crippen molar-refractivity contribution in [2.75, 3.05) is 39.8 Å². The summed E-state index contributed by atoms with van der Waals surface area (Å²) in [6.45, 7) is 5.86.